The molecule has 2 rings (SSSR count). The van der Waals surface area contributed by atoms with Crippen LogP contribution in [0.5, 0.6) is 0 Å². The van der Waals surface area contributed by atoms with E-state index in [1.807, 2.05) is 0 Å². The Hall–Kier alpha value is -1.64. The van der Waals surface area contributed by atoms with E-state index in [2.05, 4.69) is 10.5 Å². The van der Waals surface area contributed by atoms with Crippen LogP contribution in [0.2, 0.25) is 0 Å². The maximum Gasteiger partial charge on any atom is 0.271 e. The molecule has 0 unspecified atom stereocenters. The highest BCUT2D eigenvalue weighted by Crippen LogP contribution is 2.11. The van der Waals surface area contributed by atoms with Crippen LogP contribution in [0.15, 0.2) is 38.4 Å². The Kier molecular flexibility index (Phi) is 3.27. The normalized spacial score (nSPS) is 11.8. The van der Waals surface area contributed by atoms with Gasteiger partial charge in [-0.05, 0) is 12.1 Å². The average Bonchev–Trinajstić information content (AvgIpc) is 2.86. The predicted octanol–water partition coefficient (Wildman–Crippen LogP) is 0.205. The largest absolute Gasteiger partial charge is 0.447 e. The van der Waals surface area contributed by atoms with Gasteiger partial charge in [0.05, 0.1) is 19.3 Å². The van der Waals surface area contributed by atoms with Crippen LogP contribution in [0, 0.1) is 0 Å². The number of hydrogen-bond donors (Lipinski definition) is 2. The van der Waals surface area contributed by atoms with Gasteiger partial charge in [0.25, 0.3) is 10.0 Å². The van der Waals surface area contributed by atoms with Crippen LogP contribution in [0.25, 0.3) is 0 Å². The fourth-order valence-corrected chi connectivity index (χ4v) is 1.73. The van der Waals surface area contributed by atoms with Gasteiger partial charge in [-0.15, -0.1) is 0 Å². The lowest BCUT2D eigenvalue weighted by atomic mass is 10.4. The van der Waals surface area contributed by atoms with E-state index in [-0.39, 0.29) is 5.09 Å². The molecule has 0 radical (unpaired) electrons. The molecule has 0 saturated heterocycles. The van der Waals surface area contributed by atoms with Crippen molar-refractivity contribution in [3.63, 3.8) is 0 Å². The third-order valence-electron chi connectivity index (χ3n) is 2.01. The van der Waals surface area contributed by atoms with Gasteiger partial charge in [-0.2, -0.15) is 0 Å². The van der Waals surface area contributed by atoms with Gasteiger partial charge in [-0.25, -0.2) is 13.6 Å². The summed E-state index contributed by atoms with van der Waals surface area (Å²) in [5, 5.41) is 11.2. The summed E-state index contributed by atoms with van der Waals surface area (Å²) in [6.45, 7) is 0.849. The van der Waals surface area contributed by atoms with Gasteiger partial charge in [0.1, 0.15) is 11.5 Å². The minimum absolute atomic E-state index is 0.242. The zero-order valence-corrected chi connectivity index (χ0v) is 9.61. The second-order valence-electron chi connectivity index (χ2n) is 3.35. The number of rotatable bonds is 5. The lowest BCUT2D eigenvalue weighted by Crippen LogP contribution is -2.12. The molecule has 7 nitrogen and oxygen atoms in total. The fourth-order valence-electron chi connectivity index (χ4n) is 1.25. The molecule has 0 aliphatic rings. The molecule has 0 spiro atoms. The third kappa shape index (κ3) is 3.16. The number of aromatic nitrogens is 1. The Balaban J connectivity index is 1.90. The number of furan rings is 1. The number of hydrogen-bond acceptors (Lipinski definition) is 6. The van der Waals surface area contributed by atoms with E-state index in [9.17, 15) is 8.42 Å². The first-order valence-electron chi connectivity index (χ1n) is 4.77. The van der Waals surface area contributed by atoms with E-state index in [1.54, 1.807) is 18.3 Å². The smallest absolute Gasteiger partial charge is 0.271 e. The maximum atomic E-state index is 10.9. The van der Waals surface area contributed by atoms with Gasteiger partial charge in [0, 0.05) is 6.07 Å². The summed E-state index contributed by atoms with van der Waals surface area (Å²) in [5.41, 5.74) is 0. The molecular formula is C9H11N3O4S. The van der Waals surface area contributed by atoms with E-state index in [0.29, 0.717) is 24.6 Å². The quantitative estimate of drug-likeness (QED) is 0.791. The summed E-state index contributed by atoms with van der Waals surface area (Å²) < 4.78 is 31.8. The van der Waals surface area contributed by atoms with Gasteiger partial charge >= 0.3 is 0 Å². The Morgan fingerprint density at radius 1 is 1.24 bits per heavy atom. The molecular weight excluding hydrogens is 246 g/mol. The van der Waals surface area contributed by atoms with Crippen molar-refractivity contribution < 1.29 is 17.4 Å². The Morgan fingerprint density at radius 2 is 2.00 bits per heavy atom. The molecule has 0 saturated carbocycles. The molecule has 0 atom stereocenters. The van der Waals surface area contributed by atoms with Gasteiger partial charge in [0.15, 0.2) is 0 Å². The Labute approximate surface area is 97.6 Å². The highest BCUT2D eigenvalue weighted by Gasteiger charge is 2.12. The molecule has 8 heteroatoms. The van der Waals surface area contributed by atoms with Gasteiger partial charge in [0.2, 0.25) is 5.09 Å². The number of nitrogens with two attached hydrogens (primary N) is 1. The summed E-state index contributed by atoms with van der Waals surface area (Å²) in [6, 6.07) is 4.60. The first kappa shape index (κ1) is 11.8. The van der Waals surface area contributed by atoms with Gasteiger partial charge < -0.3 is 14.3 Å². The highest BCUT2D eigenvalue weighted by molar-refractivity contribution is 7.89. The van der Waals surface area contributed by atoms with Crippen LogP contribution in [-0.2, 0) is 23.1 Å². The summed E-state index contributed by atoms with van der Waals surface area (Å²) in [4.78, 5) is 0. The second-order valence-corrected chi connectivity index (χ2v) is 4.84. The maximum absolute atomic E-state index is 10.9. The topological polar surface area (TPSA) is 111 Å². The third-order valence-corrected chi connectivity index (χ3v) is 2.79. The Morgan fingerprint density at radius 3 is 2.59 bits per heavy atom. The van der Waals surface area contributed by atoms with Crippen LogP contribution >= 0.6 is 0 Å². The monoisotopic (exact) mass is 257 g/mol. The lowest BCUT2D eigenvalue weighted by molar-refractivity contribution is 0.362. The predicted molar refractivity (Wildman–Crippen MR) is 57.1 cm³/mol. The van der Waals surface area contributed by atoms with E-state index in [4.69, 9.17) is 14.1 Å². The van der Waals surface area contributed by atoms with E-state index in [0.717, 1.165) is 0 Å². The number of nitrogens with zero attached hydrogens (tertiary/aromatic N) is 1. The Bertz CT molecular complexity index is 573. The van der Waals surface area contributed by atoms with E-state index in [1.165, 1.54) is 6.07 Å². The number of primary sulfonamides is 1. The first-order valence-corrected chi connectivity index (χ1v) is 6.32. The molecule has 0 aromatic carbocycles. The first-order chi connectivity index (χ1) is 8.05. The molecule has 2 aromatic rings. The molecule has 0 fully saturated rings. The van der Waals surface area contributed by atoms with Gasteiger partial charge in [-0.3, -0.25) is 0 Å². The van der Waals surface area contributed by atoms with Crippen molar-refractivity contribution in [2.45, 2.75) is 18.2 Å². The van der Waals surface area contributed by atoms with Crippen molar-refractivity contribution in [2.24, 2.45) is 5.14 Å². The second kappa shape index (κ2) is 4.70. The molecule has 17 heavy (non-hydrogen) atoms. The number of sulfonamides is 1. The van der Waals surface area contributed by atoms with Crippen LogP contribution in [0.1, 0.15) is 11.5 Å². The molecule has 0 amide bonds. The van der Waals surface area contributed by atoms with E-state index < -0.39 is 10.0 Å². The van der Waals surface area contributed by atoms with Crippen molar-refractivity contribution in [1.29, 1.82) is 0 Å². The standard InChI is InChI=1S/C9H11N3O4S/c10-17(13,14)9-2-1-7(15-9)5-11-6-8-3-4-12-16-8/h1-4,11H,5-6H2,(H2,10,13,14). The molecule has 2 aromatic heterocycles. The zero-order valence-electron chi connectivity index (χ0n) is 8.79. The molecule has 2 heterocycles. The summed E-state index contributed by atoms with van der Waals surface area (Å²) in [7, 11) is -3.77. The van der Waals surface area contributed by atoms with Crippen molar-refractivity contribution in [1.82, 2.24) is 10.5 Å². The molecule has 3 N–H and O–H groups in total. The van der Waals surface area contributed by atoms with E-state index >= 15 is 0 Å². The SMILES string of the molecule is NS(=O)(=O)c1ccc(CNCc2ccno2)o1. The van der Waals surface area contributed by atoms with Crippen molar-refractivity contribution >= 4 is 10.0 Å². The molecule has 0 aliphatic heterocycles. The number of nitrogens with one attached hydrogen (secondary N) is 1. The minimum Gasteiger partial charge on any atom is -0.447 e. The average molecular weight is 257 g/mol. The minimum atomic E-state index is -3.77. The summed E-state index contributed by atoms with van der Waals surface area (Å²) in [6.07, 6.45) is 1.54. The highest BCUT2D eigenvalue weighted by atomic mass is 32.2. The van der Waals surface area contributed by atoms with Crippen molar-refractivity contribution in [3.05, 3.63) is 35.9 Å². The van der Waals surface area contributed by atoms with Crippen molar-refractivity contribution in [2.75, 3.05) is 0 Å². The zero-order chi connectivity index (χ0) is 12.3. The van der Waals surface area contributed by atoms with Gasteiger partial charge in [-0.1, -0.05) is 5.16 Å². The van der Waals surface area contributed by atoms with Crippen LogP contribution in [0.4, 0.5) is 0 Å². The van der Waals surface area contributed by atoms with Crippen LogP contribution < -0.4 is 10.5 Å². The molecule has 92 valence electrons. The summed E-state index contributed by atoms with van der Waals surface area (Å²) >= 11 is 0. The van der Waals surface area contributed by atoms with Crippen molar-refractivity contribution in [3.8, 4) is 0 Å². The lowest BCUT2D eigenvalue weighted by Gasteiger charge is -1.98. The molecule has 0 aliphatic carbocycles. The summed E-state index contributed by atoms with van der Waals surface area (Å²) in [5.74, 6) is 1.16. The fraction of sp³-hybridized carbons (Fsp3) is 0.222. The van der Waals surface area contributed by atoms with Crippen LogP contribution in [-0.4, -0.2) is 13.6 Å². The molecule has 0 bridgehead atoms. The van der Waals surface area contributed by atoms with Crippen LogP contribution in [0.3, 0.4) is 0 Å².